The van der Waals surface area contributed by atoms with E-state index in [-0.39, 0.29) is 0 Å². The van der Waals surface area contributed by atoms with Crippen molar-refractivity contribution < 1.29 is 0 Å². The SMILES string of the molecule is CCCCNC(=S)Nc1nccc(C)n1. The molecule has 0 fully saturated rings. The number of nitrogens with zero attached hydrogens (tertiary/aromatic N) is 2. The molecule has 0 unspecified atom stereocenters. The normalized spacial score (nSPS) is 9.73. The van der Waals surface area contributed by atoms with Gasteiger partial charge in [-0.1, -0.05) is 13.3 Å². The summed E-state index contributed by atoms with van der Waals surface area (Å²) < 4.78 is 0. The average molecular weight is 224 g/mol. The lowest BCUT2D eigenvalue weighted by Crippen LogP contribution is -2.29. The molecular formula is C10H16N4S. The third-order valence-electron chi connectivity index (χ3n) is 1.84. The van der Waals surface area contributed by atoms with E-state index in [4.69, 9.17) is 12.2 Å². The highest BCUT2D eigenvalue weighted by Crippen LogP contribution is 1.98. The Morgan fingerprint density at radius 2 is 2.33 bits per heavy atom. The number of hydrogen-bond donors (Lipinski definition) is 2. The lowest BCUT2D eigenvalue weighted by Gasteiger charge is -2.08. The Labute approximate surface area is 95.5 Å². The average Bonchev–Trinajstić information content (AvgIpc) is 2.18. The summed E-state index contributed by atoms with van der Waals surface area (Å²) in [6, 6.07) is 1.85. The number of aryl methyl sites for hydroxylation is 1. The van der Waals surface area contributed by atoms with Gasteiger partial charge < -0.3 is 10.6 Å². The van der Waals surface area contributed by atoms with Crippen LogP contribution in [0.15, 0.2) is 12.3 Å². The number of aromatic nitrogens is 2. The van der Waals surface area contributed by atoms with Crippen LogP contribution in [0.2, 0.25) is 0 Å². The first-order valence-corrected chi connectivity index (χ1v) is 5.47. The molecule has 0 aromatic carbocycles. The summed E-state index contributed by atoms with van der Waals surface area (Å²) in [5, 5.41) is 6.61. The van der Waals surface area contributed by atoms with Crippen LogP contribution in [0.3, 0.4) is 0 Å². The van der Waals surface area contributed by atoms with Crippen LogP contribution >= 0.6 is 12.2 Å². The summed E-state index contributed by atoms with van der Waals surface area (Å²) >= 11 is 5.09. The number of rotatable bonds is 4. The Balaban J connectivity index is 2.37. The van der Waals surface area contributed by atoms with Crippen molar-refractivity contribution in [1.29, 1.82) is 0 Å². The van der Waals surface area contributed by atoms with Crippen LogP contribution in [0.5, 0.6) is 0 Å². The van der Waals surface area contributed by atoms with Gasteiger partial charge in [-0.05, 0) is 31.6 Å². The van der Waals surface area contributed by atoms with Gasteiger partial charge in [-0.25, -0.2) is 9.97 Å². The fourth-order valence-corrected chi connectivity index (χ4v) is 1.23. The quantitative estimate of drug-likeness (QED) is 0.604. The monoisotopic (exact) mass is 224 g/mol. The van der Waals surface area contributed by atoms with Crippen molar-refractivity contribution in [3.63, 3.8) is 0 Å². The van der Waals surface area contributed by atoms with Crippen molar-refractivity contribution >= 4 is 23.3 Å². The number of thiocarbonyl (C=S) groups is 1. The predicted molar refractivity (Wildman–Crippen MR) is 65.9 cm³/mol. The first-order chi connectivity index (χ1) is 7.22. The minimum atomic E-state index is 0.545. The Hall–Kier alpha value is -1.23. The van der Waals surface area contributed by atoms with Crippen molar-refractivity contribution in [2.75, 3.05) is 11.9 Å². The number of anilines is 1. The van der Waals surface area contributed by atoms with E-state index in [9.17, 15) is 0 Å². The molecule has 0 spiro atoms. The van der Waals surface area contributed by atoms with Gasteiger partial charge in [0, 0.05) is 18.4 Å². The summed E-state index contributed by atoms with van der Waals surface area (Å²) in [5.41, 5.74) is 0.920. The van der Waals surface area contributed by atoms with Crippen LogP contribution in [-0.2, 0) is 0 Å². The molecule has 0 atom stereocenters. The molecule has 15 heavy (non-hydrogen) atoms. The van der Waals surface area contributed by atoms with Gasteiger partial charge in [0.2, 0.25) is 5.95 Å². The van der Waals surface area contributed by atoms with Crippen molar-refractivity contribution in [3.05, 3.63) is 18.0 Å². The number of unbranched alkanes of at least 4 members (excludes halogenated alkanes) is 1. The second-order valence-corrected chi connectivity index (χ2v) is 3.66. The predicted octanol–water partition coefficient (Wildman–Crippen LogP) is 1.87. The highest BCUT2D eigenvalue weighted by Gasteiger charge is 1.98. The number of nitrogens with one attached hydrogen (secondary N) is 2. The van der Waals surface area contributed by atoms with E-state index >= 15 is 0 Å². The molecule has 1 heterocycles. The van der Waals surface area contributed by atoms with Crippen molar-refractivity contribution in [2.45, 2.75) is 26.7 Å². The van der Waals surface area contributed by atoms with E-state index in [2.05, 4.69) is 27.5 Å². The molecule has 0 aliphatic heterocycles. The van der Waals surface area contributed by atoms with Gasteiger partial charge in [-0.3, -0.25) is 0 Å². The van der Waals surface area contributed by atoms with Crippen LogP contribution in [0, 0.1) is 6.92 Å². The molecule has 4 nitrogen and oxygen atoms in total. The van der Waals surface area contributed by atoms with Gasteiger partial charge in [0.05, 0.1) is 0 Å². The van der Waals surface area contributed by atoms with Crippen molar-refractivity contribution in [2.24, 2.45) is 0 Å². The number of hydrogen-bond acceptors (Lipinski definition) is 3. The largest absolute Gasteiger partial charge is 0.362 e. The van der Waals surface area contributed by atoms with E-state index in [1.165, 1.54) is 0 Å². The van der Waals surface area contributed by atoms with Crippen LogP contribution in [0.25, 0.3) is 0 Å². The fraction of sp³-hybridized carbons (Fsp3) is 0.500. The zero-order chi connectivity index (χ0) is 11.1. The topological polar surface area (TPSA) is 49.8 Å². The van der Waals surface area contributed by atoms with E-state index < -0.39 is 0 Å². The summed E-state index contributed by atoms with van der Waals surface area (Å²) in [6.45, 7) is 4.94. The minimum Gasteiger partial charge on any atom is -0.362 e. The standard InChI is InChI=1S/C10H16N4S/c1-3-4-6-12-10(15)14-9-11-7-5-8(2)13-9/h5,7H,3-4,6H2,1-2H3,(H2,11,12,13,14,15). The van der Waals surface area contributed by atoms with E-state index in [0.29, 0.717) is 11.1 Å². The third kappa shape index (κ3) is 4.69. The lowest BCUT2D eigenvalue weighted by molar-refractivity contribution is 0.758. The maximum atomic E-state index is 5.09. The minimum absolute atomic E-state index is 0.545. The fourth-order valence-electron chi connectivity index (χ4n) is 1.03. The van der Waals surface area contributed by atoms with E-state index in [1.54, 1.807) is 6.20 Å². The molecule has 0 saturated heterocycles. The van der Waals surface area contributed by atoms with Crippen LogP contribution in [0.4, 0.5) is 5.95 Å². The van der Waals surface area contributed by atoms with Gasteiger partial charge in [0.25, 0.3) is 0 Å². The Morgan fingerprint density at radius 1 is 1.53 bits per heavy atom. The Bertz CT molecular complexity index is 327. The molecule has 0 amide bonds. The molecule has 5 heteroatoms. The van der Waals surface area contributed by atoms with E-state index in [0.717, 1.165) is 25.1 Å². The summed E-state index contributed by atoms with van der Waals surface area (Å²) in [5.74, 6) is 0.545. The highest BCUT2D eigenvalue weighted by atomic mass is 32.1. The van der Waals surface area contributed by atoms with Crippen molar-refractivity contribution in [3.8, 4) is 0 Å². The molecule has 1 aromatic heterocycles. The van der Waals surface area contributed by atoms with Gasteiger partial charge in [0.1, 0.15) is 0 Å². The van der Waals surface area contributed by atoms with Crippen LogP contribution < -0.4 is 10.6 Å². The summed E-state index contributed by atoms with van der Waals surface area (Å²) in [7, 11) is 0. The zero-order valence-corrected chi connectivity index (χ0v) is 9.90. The maximum Gasteiger partial charge on any atom is 0.229 e. The smallest absolute Gasteiger partial charge is 0.229 e. The molecule has 82 valence electrons. The van der Waals surface area contributed by atoms with Gasteiger partial charge in [-0.2, -0.15) is 0 Å². The first kappa shape index (κ1) is 11.8. The van der Waals surface area contributed by atoms with Gasteiger partial charge in [-0.15, -0.1) is 0 Å². The molecule has 1 rings (SSSR count). The molecule has 0 radical (unpaired) electrons. The van der Waals surface area contributed by atoms with E-state index in [1.807, 2.05) is 13.0 Å². The summed E-state index contributed by atoms with van der Waals surface area (Å²) in [4.78, 5) is 8.25. The van der Waals surface area contributed by atoms with Crippen LogP contribution in [-0.4, -0.2) is 21.6 Å². The molecule has 0 bridgehead atoms. The van der Waals surface area contributed by atoms with Crippen LogP contribution in [0.1, 0.15) is 25.5 Å². The highest BCUT2D eigenvalue weighted by molar-refractivity contribution is 7.80. The van der Waals surface area contributed by atoms with Gasteiger partial charge >= 0.3 is 0 Å². The van der Waals surface area contributed by atoms with Crippen molar-refractivity contribution in [1.82, 2.24) is 15.3 Å². The second-order valence-electron chi connectivity index (χ2n) is 3.26. The van der Waals surface area contributed by atoms with Gasteiger partial charge in [0.15, 0.2) is 5.11 Å². The molecule has 1 aromatic rings. The molecule has 2 N–H and O–H groups in total. The first-order valence-electron chi connectivity index (χ1n) is 5.07. The Kier molecular flexibility index (Phi) is 4.97. The molecule has 0 saturated carbocycles. The molecule has 0 aliphatic rings. The second kappa shape index (κ2) is 6.29. The molecule has 0 aliphatic carbocycles. The lowest BCUT2D eigenvalue weighted by atomic mass is 10.3. The Morgan fingerprint density at radius 3 is 3.00 bits per heavy atom. The maximum absolute atomic E-state index is 5.09. The zero-order valence-electron chi connectivity index (χ0n) is 9.08. The molecular weight excluding hydrogens is 208 g/mol. The third-order valence-corrected chi connectivity index (χ3v) is 2.08. The summed E-state index contributed by atoms with van der Waals surface area (Å²) in [6.07, 6.45) is 3.96.